The number of carbonyl (C=O) groups is 2. The van der Waals surface area contributed by atoms with Crippen LogP contribution >= 0.6 is 11.8 Å². The second-order valence-corrected chi connectivity index (χ2v) is 8.16. The van der Waals surface area contributed by atoms with Crippen molar-refractivity contribution in [2.24, 2.45) is 0 Å². The van der Waals surface area contributed by atoms with Gasteiger partial charge in [0.15, 0.2) is 10.9 Å². The summed E-state index contributed by atoms with van der Waals surface area (Å²) in [6.07, 6.45) is 0. The van der Waals surface area contributed by atoms with Crippen LogP contribution in [0.25, 0.3) is 0 Å². The number of hydrogen-bond donors (Lipinski definition) is 3. The van der Waals surface area contributed by atoms with Gasteiger partial charge >= 0.3 is 0 Å². The van der Waals surface area contributed by atoms with Crippen LogP contribution in [0.4, 0.5) is 29.0 Å². The number of para-hydroxylation sites is 2. The van der Waals surface area contributed by atoms with E-state index >= 15 is 0 Å². The molecule has 0 fully saturated rings. The molecule has 1 aromatic heterocycles. The quantitative estimate of drug-likeness (QED) is 0.224. The molecular formula is C25H22N6O2S. The summed E-state index contributed by atoms with van der Waals surface area (Å²) in [6.45, 7) is 1.50. The Morgan fingerprint density at radius 3 is 1.74 bits per heavy atom. The van der Waals surface area contributed by atoms with E-state index in [1.165, 1.54) is 18.7 Å². The molecule has 4 aromatic rings. The number of rotatable bonds is 9. The number of nitrogens with zero attached hydrogens (tertiary/aromatic N) is 3. The van der Waals surface area contributed by atoms with Gasteiger partial charge in [-0.3, -0.25) is 9.59 Å². The predicted molar refractivity (Wildman–Crippen MR) is 135 cm³/mol. The molecule has 0 saturated heterocycles. The maximum absolute atomic E-state index is 12.5. The van der Waals surface area contributed by atoms with Gasteiger partial charge in [0.25, 0.3) is 0 Å². The van der Waals surface area contributed by atoms with Crippen molar-refractivity contribution in [3.63, 3.8) is 0 Å². The fraction of sp³-hybridized carbons (Fsp3) is 0.0800. The Balaban J connectivity index is 1.46. The Kier molecular flexibility index (Phi) is 7.46. The van der Waals surface area contributed by atoms with E-state index < -0.39 is 0 Å². The lowest BCUT2D eigenvalue weighted by Gasteiger charge is -2.10. The number of ketones is 1. The van der Waals surface area contributed by atoms with Crippen LogP contribution in [0.3, 0.4) is 0 Å². The van der Waals surface area contributed by atoms with Crippen molar-refractivity contribution in [1.29, 1.82) is 0 Å². The average molecular weight is 471 g/mol. The second-order valence-electron chi connectivity index (χ2n) is 7.22. The van der Waals surface area contributed by atoms with Gasteiger partial charge in [0.2, 0.25) is 17.8 Å². The zero-order chi connectivity index (χ0) is 23.8. The maximum atomic E-state index is 12.5. The Morgan fingerprint density at radius 2 is 1.24 bits per heavy atom. The third-order valence-corrected chi connectivity index (χ3v) is 5.43. The molecule has 0 saturated carbocycles. The summed E-state index contributed by atoms with van der Waals surface area (Å²) in [5.41, 5.74) is 2.88. The molecule has 0 atom stereocenters. The van der Waals surface area contributed by atoms with Gasteiger partial charge in [-0.15, -0.1) is 0 Å². The topological polar surface area (TPSA) is 109 Å². The summed E-state index contributed by atoms with van der Waals surface area (Å²) in [7, 11) is 0. The molecule has 1 amide bonds. The largest absolute Gasteiger partial charge is 0.325 e. The number of aromatic nitrogens is 3. The molecule has 9 heteroatoms. The van der Waals surface area contributed by atoms with Gasteiger partial charge < -0.3 is 16.0 Å². The Labute approximate surface area is 201 Å². The zero-order valence-corrected chi connectivity index (χ0v) is 19.2. The first kappa shape index (κ1) is 22.9. The van der Waals surface area contributed by atoms with Crippen LogP contribution < -0.4 is 16.0 Å². The first-order valence-electron chi connectivity index (χ1n) is 10.5. The number of nitrogens with one attached hydrogen (secondary N) is 3. The van der Waals surface area contributed by atoms with Crippen LogP contribution in [0.1, 0.15) is 17.3 Å². The summed E-state index contributed by atoms with van der Waals surface area (Å²) in [4.78, 5) is 37.2. The minimum Gasteiger partial charge on any atom is -0.325 e. The van der Waals surface area contributed by atoms with Crippen LogP contribution in [0.5, 0.6) is 0 Å². The fourth-order valence-corrected chi connectivity index (χ4v) is 3.58. The molecule has 3 aromatic carbocycles. The average Bonchev–Trinajstić information content (AvgIpc) is 2.84. The van der Waals surface area contributed by atoms with Crippen LogP contribution in [0, 0.1) is 0 Å². The van der Waals surface area contributed by atoms with Crippen LogP contribution in [-0.4, -0.2) is 32.4 Å². The smallest absolute Gasteiger partial charge is 0.234 e. The molecular weight excluding hydrogens is 448 g/mol. The van der Waals surface area contributed by atoms with Crippen molar-refractivity contribution in [1.82, 2.24) is 15.0 Å². The maximum Gasteiger partial charge on any atom is 0.234 e. The number of benzene rings is 3. The van der Waals surface area contributed by atoms with E-state index in [-0.39, 0.29) is 17.4 Å². The van der Waals surface area contributed by atoms with Crippen LogP contribution in [-0.2, 0) is 4.79 Å². The van der Waals surface area contributed by atoms with Crippen molar-refractivity contribution >= 4 is 52.4 Å². The number of hydrogen-bond acceptors (Lipinski definition) is 8. The fourth-order valence-electron chi connectivity index (χ4n) is 2.95. The Morgan fingerprint density at radius 1 is 0.706 bits per heavy atom. The van der Waals surface area contributed by atoms with Crippen molar-refractivity contribution in [3.8, 4) is 0 Å². The molecule has 4 rings (SSSR count). The van der Waals surface area contributed by atoms with Crippen LogP contribution in [0.2, 0.25) is 0 Å². The van der Waals surface area contributed by atoms with E-state index in [1.54, 1.807) is 24.3 Å². The van der Waals surface area contributed by atoms with Gasteiger partial charge in [-0.25, -0.2) is 0 Å². The molecule has 3 N–H and O–H groups in total. The summed E-state index contributed by atoms with van der Waals surface area (Å²) < 4.78 is 0. The monoisotopic (exact) mass is 470 g/mol. The first-order valence-corrected chi connectivity index (χ1v) is 11.5. The highest BCUT2D eigenvalue weighted by atomic mass is 32.2. The molecule has 0 aliphatic heterocycles. The second kappa shape index (κ2) is 11.1. The van der Waals surface area contributed by atoms with Crippen molar-refractivity contribution in [3.05, 3.63) is 90.5 Å². The summed E-state index contributed by atoms with van der Waals surface area (Å²) in [6, 6.07) is 25.9. The summed E-state index contributed by atoms with van der Waals surface area (Å²) >= 11 is 1.20. The van der Waals surface area contributed by atoms with E-state index in [9.17, 15) is 9.59 Å². The van der Waals surface area contributed by atoms with Crippen molar-refractivity contribution in [2.75, 3.05) is 21.7 Å². The molecule has 34 heavy (non-hydrogen) atoms. The SMILES string of the molecule is CC(=O)c1ccc(NC(=O)CSc2nc(Nc3ccccc3)nc(Nc3ccccc3)n2)cc1. The number of amides is 1. The summed E-state index contributed by atoms with van der Waals surface area (Å²) in [5, 5.41) is 9.55. The minimum absolute atomic E-state index is 0.0249. The number of Topliss-reactive ketones (excluding diaryl/α,β-unsaturated/α-hetero) is 1. The highest BCUT2D eigenvalue weighted by Gasteiger charge is 2.11. The van der Waals surface area contributed by atoms with Gasteiger partial charge in [0, 0.05) is 22.6 Å². The van der Waals surface area contributed by atoms with E-state index in [2.05, 4.69) is 30.9 Å². The van der Waals surface area contributed by atoms with Gasteiger partial charge in [-0.1, -0.05) is 48.2 Å². The standard InChI is InChI=1S/C25H22N6O2S/c1-17(32)18-12-14-21(15-13-18)26-22(33)16-34-25-30-23(27-19-8-4-2-5-9-19)29-24(31-25)28-20-10-6-3-7-11-20/h2-15H,16H2,1H3,(H,26,33)(H2,27,28,29,30,31). The van der Waals surface area contributed by atoms with E-state index in [1.807, 2.05) is 60.7 Å². The van der Waals surface area contributed by atoms with E-state index in [0.29, 0.717) is 28.3 Å². The van der Waals surface area contributed by atoms with Gasteiger partial charge in [-0.2, -0.15) is 15.0 Å². The Hall–Kier alpha value is -4.24. The van der Waals surface area contributed by atoms with E-state index in [0.717, 1.165) is 11.4 Å². The zero-order valence-electron chi connectivity index (χ0n) is 18.4. The predicted octanol–water partition coefficient (Wildman–Crippen LogP) is 5.29. The lowest BCUT2D eigenvalue weighted by Crippen LogP contribution is -2.14. The molecule has 0 unspecified atom stereocenters. The number of anilines is 5. The molecule has 170 valence electrons. The molecule has 0 spiro atoms. The highest BCUT2D eigenvalue weighted by molar-refractivity contribution is 7.99. The summed E-state index contributed by atoms with van der Waals surface area (Å²) in [5.74, 6) is 0.595. The molecule has 1 heterocycles. The molecule has 0 aliphatic rings. The number of carbonyl (C=O) groups excluding carboxylic acids is 2. The first-order chi connectivity index (χ1) is 16.5. The Bertz CT molecular complexity index is 1210. The third kappa shape index (κ3) is 6.63. The highest BCUT2D eigenvalue weighted by Crippen LogP contribution is 2.22. The molecule has 0 aliphatic carbocycles. The van der Waals surface area contributed by atoms with Gasteiger partial charge in [-0.05, 0) is 55.5 Å². The van der Waals surface area contributed by atoms with Crippen molar-refractivity contribution in [2.45, 2.75) is 12.1 Å². The van der Waals surface area contributed by atoms with Crippen LogP contribution in [0.15, 0.2) is 90.1 Å². The van der Waals surface area contributed by atoms with Gasteiger partial charge in [0.1, 0.15) is 0 Å². The molecule has 0 radical (unpaired) electrons. The third-order valence-electron chi connectivity index (χ3n) is 4.58. The lowest BCUT2D eigenvalue weighted by molar-refractivity contribution is -0.113. The normalized spacial score (nSPS) is 10.4. The minimum atomic E-state index is -0.212. The van der Waals surface area contributed by atoms with Gasteiger partial charge in [0.05, 0.1) is 5.75 Å². The number of thioether (sulfide) groups is 1. The lowest BCUT2D eigenvalue weighted by atomic mass is 10.1. The molecule has 8 nitrogen and oxygen atoms in total. The van der Waals surface area contributed by atoms with Crippen molar-refractivity contribution < 1.29 is 9.59 Å². The van der Waals surface area contributed by atoms with E-state index in [4.69, 9.17) is 0 Å². The molecule has 0 bridgehead atoms.